The Bertz CT molecular complexity index is 1330. The third-order valence-electron chi connectivity index (χ3n) is 6.43. The minimum atomic E-state index is -0.629. The summed E-state index contributed by atoms with van der Waals surface area (Å²) in [4.78, 5) is 13.2. The maximum atomic E-state index is 13.8. The lowest BCUT2D eigenvalue weighted by Crippen LogP contribution is -2.38. The molecule has 1 amide bonds. The standard InChI is InChI=1S/C30H33F2N3O2/c1-3-6-28-27-17-23(9-10-29(27)37-35-28)30(36)34-26(16-22-14-24(31)18-25(32)15-22)11-12-33-19-21-8-5-7-20(4-2)13-21/h5,7-10,13-15,17-18,26,33H,3-4,6,11-12,16,19H2,1-2H3,(H,34,36)/t26-/m1/s1. The number of benzene rings is 3. The van der Waals surface area contributed by atoms with E-state index in [0.717, 1.165) is 36.4 Å². The Morgan fingerprint density at radius 1 is 0.973 bits per heavy atom. The molecular formula is C30H33F2N3O2. The first-order valence-corrected chi connectivity index (χ1v) is 12.9. The number of hydrogen-bond acceptors (Lipinski definition) is 4. The summed E-state index contributed by atoms with van der Waals surface area (Å²) in [7, 11) is 0. The molecule has 194 valence electrons. The van der Waals surface area contributed by atoms with E-state index in [9.17, 15) is 13.6 Å². The number of nitrogens with zero attached hydrogens (tertiary/aromatic N) is 1. The molecule has 2 N–H and O–H groups in total. The molecule has 7 heteroatoms. The second kappa shape index (κ2) is 12.6. The van der Waals surface area contributed by atoms with Gasteiger partial charge in [0.25, 0.3) is 5.91 Å². The van der Waals surface area contributed by atoms with Crippen molar-refractivity contribution in [2.24, 2.45) is 0 Å². The maximum absolute atomic E-state index is 13.8. The number of aromatic nitrogens is 1. The zero-order valence-electron chi connectivity index (χ0n) is 21.3. The van der Waals surface area contributed by atoms with Crippen molar-refractivity contribution in [2.45, 2.75) is 58.5 Å². The van der Waals surface area contributed by atoms with E-state index in [-0.39, 0.29) is 11.9 Å². The highest BCUT2D eigenvalue weighted by Crippen LogP contribution is 2.21. The Hall–Kier alpha value is -3.58. The molecule has 1 heterocycles. The predicted molar refractivity (Wildman–Crippen MR) is 141 cm³/mol. The molecule has 0 aliphatic rings. The van der Waals surface area contributed by atoms with Gasteiger partial charge in [-0.25, -0.2) is 8.78 Å². The molecule has 0 fully saturated rings. The molecule has 3 aromatic carbocycles. The smallest absolute Gasteiger partial charge is 0.251 e. The molecule has 4 aromatic rings. The third kappa shape index (κ3) is 7.23. The molecule has 4 rings (SSSR count). The minimum Gasteiger partial charge on any atom is -0.356 e. The highest BCUT2D eigenvalue weighted by molar-refractivity contribution is 5.98. The van der Waals surface area contributed by atoms with Crippen molar-refractivity contribution in [2.75, 3.05) is 6.54 Å². The molecule has 37 heavy (non-hydrogen) atoms. The fourth-order valence-corrected chi connectivity index (χ4v) is 4.52. The number of halogens is 2. The predicted octanol–water partition coefficient (Wildman–Crippen LogP) is 6.14. The molecule has 0 saturated carbocycles. The van der Waals surface area contributed by atoms with Gasteiger partial charge in [-0.15, -0.1) is 0 Å². The molecule has 0 radical (unpaired) electrons. The molecule has 0 unspecified atom stereocenters. The van der Waals surface area contributed by atoms with Gasteiger partial charge in [-0.05, 0) is 79.3 Å². The molecular weight excluding hydrogens is 472 g/mol. The van der Waals surface area contributed by atoms with Crippen molar-refractivity contribution in [1.82, 2.24) is 15.8 Å². The molecule has 1 atom stereocenters. The van der Waals surface area contributed by atoms with Gasteiger partial charge < -0.3 is 15.2 Å². The molecule has 1 aromatic heterocycles. The van der Waals surface area contributed by atoms with Gasteiger partial charge >= 0.3 is 0 Å². The first kappa shape index (κ1) is 26.5. The van der Waals surface area contributed by atoms with Gasteiger partial charge in [0.15, 0.2) is 5.58 Å². The second-order valence-corrected chi connectivity index (χ2v) is 9.38. The van der Waals surface area contributed by atoms with Crippen LogP contribution in [0.5, 0.6) is 0 Å². The van der Waals surface area contributed by atoms with Crippen LogP contribution in [0.25, 0.3) is 11.0 Å². The zero-order valence-corrected chi connectivity index (χ0v) is 21.3. The molecule has 0 aliphatic carbocycles. The number of amides is 1. The highest BCUT2D eigenvalue weighted by atomic mass is 19.1. The normalized spacial score (nSPS) is 12.1. The molecule has 0 aliphatic heterocycles. The van der Waals surface area contributed by atoms with E-state index in [2.05, 4.69) is 53.9 Å². The summed E-state index contributed by atoms with van der Waals surface area (Å²) in [6.07, 6.45) is 3.56. The van der Waals surface area contributed by atoms with E-state index in [1.54, 1.807) is 18.2 Å². The van der Waals surface area contributed by atoms with Crippen LogP contribution in [0.1, 0.15) is 59.4 Å². The van der Waals surface area contributed by atoms with Crippen molar-refractivity contribution >= 4 is 16.9 Å². The van der Waals surface area contributed by atoms with Crippen molar-refractivity contribution in [3.63, 3.8) is 0 Å². The van der Waals surface area contributed by atoms with Gasteiger partial charge in [0.2, 0.25) is 0 Å². The van der Waals surface area contributed by atoms with Gasteiger partial charge in [-0.2, -0.15) is 0 Å². The van der Waals surface area contributed by atoms with Gasteiger partial charge in [-0.1, -0.05) is 49.7 Å². The summed E-state index contributed by atoms with van der Waals surface area (Å²) in [6, 6.07) is 16.8. The Morgan fingerprint density at radius 2 is 1.76 bits per heavy atom. The van der Waals surface area contributed by atoms with E-state index in [1.165, 1.54) is 23.3 Å². The third-order valence-corrected chi connectivity index (χ3v) is 6.43. The number of carbonyl (C=O) groups is 1. The number of aryl methyl sites for hydroxylation is 2. The average molecular weight is 506 g/mol. The Kier molecular flexibility index (Phi) is 9.01. The van der Waals surface area contributed by atoms with E-state index < -0.39 is 11.6 Å². The highest BCUT2D eigenvalue weighted by Gasteiger charge is 2.17. The lowest BCUT2D eigenvalue weighted by atomic mass is 10.0. The average Bonchev–Trinajstić information content (AvgIpc) is 3.28. The van der Waals surface area contributed by atoms with Crippen molar-refractivity contribution in [3.8, 4) is 0 Å². The largest absolute Gasteiger partial charge is 0.356 e. The van der Waals surface area contributed by atoms with Crippen molar-refractivity contribution < 1.29 is 18.1 Å². The summed E-state index contributed by atoms with van der Waals surface area (Å²) in [5.74, 6) is -1.51. The van der Waals surface area contributed by atoms with Crippen LogP contribution < -0.4 is 10.6 Å². The number of nitrogens with one attached hydrogen (secondary N) is 2. The first-order chi connectivity index (χ1) is 17.9. The van der Waals surface area contributed by atoms with Gasteiger partial charge in [0, 0.05) is 29.6 Å². The fraction of sp³-hybridized carbons (Fsp3) is 0.333. The SMILES string of the molecule is CCCc1noc2ccc(C(=O)N[C@H](CCNCc3cccc(CC)c3)Cc3cc(F)cc(F)c3)cc12. The van der Waals surface area contributed by atoms with Gasteiger partial charge in [0.1, 0.15) is 11.6 Å². The first-order valence-electron chi connectivity index (χ1n) is 12.9. The zero-order chi connectivity index (χ0) is 26.2. The topological polar surface area (TPSA) is 67.2 Å². The fourth-order valence-electron chi connectivity index (χ4n) is 4.52. The Balaban J connectivity index is 1.45. The number of hydrogen-bond donors (Lipinski definition) is 2. The lowest BCUT2D eigenvalue weighted by Gasteiger charge is -2.20. The van der Waals surface area contributed by atoms with E-state index in [0.29, 0.717) is 42.6 Å². The number of rotatable bonds is 12. The van der Waals surface area contributed by atoms with Gasteiger partial charge in [-0.3, -0.25) is 4.79 Å². The molecule has 0 spiro atoms. The van der Waals surface area contributed by atoms with E-state index >= 15 is 0 Å². The van der Waals surface area contributed by atoms with E-state index in [4.69, 9.17) is 4.52 Å². The second-order valence-electron chi connectivity index (χ2n) is 9.38. The van der Waals surface area contributed by atoms with Crippen LogP contribution in [0.15, 0.2) is 65.2 Å². The van der Waals surface area contributed by atoms with Crippen LogP contribution in [0, 0.1) is 11.6 Å². The summed E-state index contributed by atoms with van der Waals surface area (Å²) in [5, 5.41) is 11.4. The van der Waals surface area contributed by atoms with Crippen molar-refractivity contribution in [3.05, 3.63) is 100 Å². The number of carbonyl (C=O) groups excluding carboxylic acids is 1. The Morgan fingerprint density at radius 3 is 2.51 bits per heavy atom. The maximum Gasteiger partial charge on any atom is 0.251 e. The summed E-state index contributed by atoms with van der Waals surface area (Å²) < 4.78 is 33.0. The summed E-state index contributed by atoms with van der Waals surface area (Å²) in [6.45, 7) is 5.52. The summed E-state index contributed by atoms with van der Waals surface area (Å²) >= 11 is 0. The molecule has 0 saturated heterocycles. The monoisotopic (exact) mass is 505 g/mol. The van der Waals surface area contributed by atoms with Crippen molar-refractivity contribution in [1.29, 1.82) is 0 Å². The van der Waals surface area contributed by atoms with Crippen LogP contribution in [-0.2, 0) is 25.8 Å². The van der Waals surface area contributed by atoms with E-state index in [1.807, 2.05) is 0 Å². The van der Waals surface area contributed by atoms with Crippen LogP contribution in [-0.4, -0.2) is 23.7 Å². The number of fused-ring (bicyclic) bond motifs is 1. The lowest BCUT2D eigenvalue weighted by molar-refractivity contribution is 0.0935. The van der Waals surface area contributed by atoms with Crippen LogP contribution >= 0.6 is 0 Å². The molecule has 0 bridgehead atoms. The van der Waals surface area contributed by atoms with Crippen LogP contribution in [0.3, 0.4) is 0 Å². The quantitative estimate of drug-likeness (QED) is 0.227. The van der Waals surface area contributed by atoms with Crippen LogP contribution in [0.4, 0.5) is 8.78 Å². The summed E-state index contributed by atoms with van der Waals surface area (Å²) in [5.41, 5.74) is 4.94. The van der Waals surface area contributed by atoms with Crippen LogP contribution in [0.2, 0.25) is 0 Å². The molecule has 5 nitrogen and oxygen atoms in total. The van der Waals surface area contributed by atoms with Gasteiger partial charge in [0.05, 0.1) is 5.69 Å². The Labute approximate surface area is 216 Å². The minimum absolute atomic E-state index is 0.247.